The van der Waals surface area contributed by atoms with Gasteiger partial charge in [-0.3, -0.25) is 24.0 Å². The molecule has 1 heterocycles. The van der Waals surface area contributed by atoms with Crippen molar-refractivity contribution in [2.24, 2.45) is 17.4 Å². The molecular weight excluding hydrogens is 488 g/mol. The fourth-order valence-corrected chi connectivity index (χ4v) is 3.90. The van der Waals surface area contributed by atoms with Crippen LogP contribution >= 0.6 is 0 Å². The first-order valence-electron chi connectivity index (χ1n) is 12.4. The number of nitrogens with one attached hydrogen (secondary N) is 3. The number of rotatable bonds is 14. The van der Waals surface area contributed by atoms with Crippen LogP contribution in [0.5, 0.6) is 0 Å². The summed E-state index contributed by atoms with van der Waals surface area (Å²) in [5.74, 6) is -4.99. The van der Waals surface area contributed by atoms with Gasteiger partial charge in [-0.05, 0) is 39.0 Å². The Hall–Kier alpha value is -3.26. The number of aliphatic carboxylic acids is 1. The van der Waals surface area contributed by atoms with Gasteiger partial charge in [-0.2, -0.15) is 0 Å². The molecule has 0 radical (unpaired) electrons. The molecule has 37 heavy (non-hydrogen) atoms. The number of primary amides is 1. The second-order valence-corrected chi connectivity index (χ2v) is 9.46. The second kappa shape index (κ2) is 14.5. The fourth-order valence-electron chi connectivity index (χ4n) is 3.90. The molecule has 14 nitrogen and oxygen atoms in total. The zero-order chi connectivity index (χ0) is 28.4. The molecule has 0 spiro atoms. The van der Waals surface area contributed by atoms with Gasteiger partial charge in [0.05, 0.1) is 6.10 Å². The smallest absolute Gasteiger partial charge is 0.326 e. The minimum Gasteiger partial charge on any atom is -0.480 e. The molecule has 0 unspecified atom stereocenters. The van der Waals surface area contributed by atoms with Crippen LogP contribution in [0, 0.1) is 5.92 Å². The Bertz CT molecular complexity index is 866. The number of likely N-dealkylation sites (tertiary alicyclic amines) is 1. The average molecular weight is 529 g/mol. The van der Waals surface area contributed by atoms with Gasteiger partial charge in [-0.25, -0.2) is 4.79 Å². The number of nitrogens with two attached hydrogens (primary N) is 2. The predicted octanol–water partition coefficient (Wildman–Crippen LogP) is -2.44. The first kappa shape index (κ1) is 31.8. The molecule has 1 fully saturated rings. The van der Waals surface area contributed by atoms with Crippen LogP contribution in [0.3, 0.4) is 0 Å². The van der Waals surface area contributed by atoms with E-state index in [1.54, 1.807) is 13.8 Å². The molecule has 210 valence electrons. The van der Waals surface area contributed by atoms with Crippen LogP contribution in [0.2, 0.25) is 0 Å². The largest absolute Gasteiger partial charge is 0.480 e. The first-order chi connectivity index (χ1) is 17.2. The zero-order valence-electron chi connectivity index (χ0n) is 21.7. The maximum absolute atomic E-state index is 13.2. The highest BCUT2D eigenvalue weighted by atomic mass is 16.4. The molecule has 0 aromatic heterocycles. The highest BCUT2D eigenvalue weighted by Gasteiger charge is 2.39. The van der Waals surface area contributed by atoms with E-state index in [1.165, 1.54) is 18.7 Å². The SMILES string of the molecule is CC[C@H](C)[C@H](NC(=O)[C@@H]1CCCN1C(=O)[C@H](C)NC(=O)[C@@H](N)[C@@H](C)O)C(=O)N[C@@H](CCC(N)=O)C(=O)O. The van der Waals surface area contributed by atoms with E-state index in [0.29, 0.717) is 19.3 Å². The molecule has 5 amide bonds. The van der Waals surface area contributed by atoms with Crippen molar-refractivity contribution < 1.29 is 39.0 Å². The van der Waals surface area contributed by atoms with E-state index in [-0.39, 0.29) is 25.3 Å². The minimum absolute atomic E-state index is 0.204. The highest BCUT2D eigenvalue weighted by molar-refractivity contribution is 5.95. The number of carbonyl (C=O) groups is 6. The molecule has 0 bridgehead atoms. The Morgan fingerprint density at radius 3 is 2.16 bits per heavy atom. The molecule has 14 heteroatoms. The van der Waals surface area contributed by atoms with E-state index in [4.69, 9.17) is 11.5 Å². The van der Waals surface area contributed by atoms with E-state index < -0.39 is 71.8 Å². The summed E-state index contributed by atoms with van der Waals surface area (Å²) >= 11 is 0. The van der Waals surface area contributed by atoms with Crippen molar-refractivity contribution in [3.63, 3.8) is 0 Å². The zero-order valence-corrected chi connectivity index (χ0v) is 21.7. The molecule has 0 saturated carbocycles. The molecule has 1 rings (SSSR count). The number of hydrogen-bond donors (Lipinski definition) is 7. The first-order valence-corrected chi connectivity index (χ1v) is 12.4. The number of aliphatic hydroxyl groups excluding tert-OH is 1. The number of amides is 5. The van der Waals surface area contributed by atoms with Crippen LogP contribution in [0.4, 0.5) is 0 Å². The van der Waals surface area contributed by atoms with E-state index in [9.17, 15) is 39.0 Å². The van der Waals surface area contributed by atoms with Crippen molar-refractivity contribution in [1.29, 1.82) is 0 Å². The number of aliphatic hydroxyl groups is 1. The third-order valence-corrected chi connectivity index (χ3v) is 6.48. The summed E-state index contributed by atoms with van der Waals surface area (Å²) < 4.78 is 0. The molecule has 0 aromatic carbocycles. The summed E-state index contributed by atoms with van der Waals surface area (Å²) in [6.45, 7) is 6.55. The Morgan fingerprint density at radius 2 is 1.65 bits per heavy atom. The number of hydrogen-bond acceptors (Lipinski definition) is 8. The summed E-state index contributed by atoms with van der Waals surface area (Å²) in [6.07, 6.45) is -0.230. The normalized spacial score (nSPS) is 20.1. The van der Waals surface area contributed by atoms with Crippen molar-refractivity contribution in [3.05, 3.63) is 0 Å². The maximum Gasteiger partial charge on any atom is 0.326 e. The number of carboxylic acid groups (broad SMARTS) is 1. The van der Waals surface area contributed by atoms with Gasteiger partial charge in [0.2, 0.25) is 29.5 Å². The Kier molecular flexibility index (Phi) is 12.4. The molecular formula is C23H40N6O8. The van der Waals surface area contributed by atoms with Gasteiger partial charge in [-0.15, -0.1) is 0 Å². The van der Waals surface area contributed by atoms with Gasteiger partial charge in [0.15, 0.2) is 0 Å². The van der Waals surface area contributed by atoms with Gasteiger partial charge in [0, 0.05) is 13.0 Å². The monoisotopic (exact) mass is 528 g/mol. The molecule has 1 aliphatic rings. The molecule has 9 N–H and O–H groups in total. The van der Waals surface area contributed by atoms with Crippen LogP contribution in [0.1, 0.15) is 59.8 Å². The lowest BCUT2D eigenvalue weighted by Gasteiger charge is -2.30. The van der Waals surface area contributed by atoms with Crippen molar-refractivity contribution >= 4 is 35.5 Å². The minimum atomic E-state index is -1.37. The van der Waals surface area contributed by atoms with Crippen molar-refractivity contribution in [1.82, 2.24) is 20.9 Å². The van der Waals surface area contributed by atoms with Gasteiger partial charge in [0.1, 0.15) is 30.2 Å². The topological polar surface area (TPSA) is 234 Å². The molecule has 1 saturated heterocycles. The Balaban J connectivity index is 2.94. The Morgan fingerprint density at radius 1 is 1.03 bits per heavy atom. The molecule has 0 aliphatic carbocycles. The maximum atomic E-state index is 13.2. The number of carboxylic acids is 1. The van der Waals surface area contributed by atoms with Gasteiger partial charge in [0.25, 0.3) is 0 Å². The van der Waals surface area contributed by atoms with Crippen molar-refractivity contribution in [2.75, 3.05) is 6.54 Å². The molecule has 0 aromatic rings. The molecule has 7 atom stereocenters. The summed E-state index contributed by atoms with van der Waals surface area (Å²) in [5, 5.41) is 26.3. The summed E-state index contributed by atoms with van der Waals surface area (Å²) in [5.41, 5.74) is 10.7. The fraction of sp³-hybridized carbons (Fsp3) is 0.739. The standard InChI is InChI=1S/C23H40N6O8/c1-5-11(2)18(21(34)27-14(23(36)37)8-9-16(24)31)28-19(32)15-7-6-10-29(15)22(35)12(3)26-20(33)17(25)13(4)30/h11-15,17-18,30H,5-10,25H2,1-4H3,(H2,24,31)(H,26,33)(H,27,34)(H,28,32)(H,36,37)/t11-,12-,13+,14-,15-,17-,18-/m0/s1. The number of carbonyl (C=O) groups excluding carboxylic acids is 5. The summed E-state index contributed by atoms with van der Waals surface area (Å²) in [4.78, 5) is 75.1. The number of nitrogens with zero attached hydrogens (tertiary/aromatic N) is 1. The summed E-state index contributed by atoms with van der Waals surface area (Å²) in [7, 11) is 0. The van der Waals surface area contributed by atoms with E-state index in [2.05, 4.69) is 16.0 Å². The summed E-state index contributed by atoms with van der Waals surface area (Å²) in [6, 6.07) is -5.60. The second-order valence-electron chi connectivity index (χ2n) is 9.46. The Labute approximate surface area is 215 Å². The lowest BCUT2D eigenvalue weighted by Crippen LogP contribution is -2.59. The average Bonchev–Trinajstić information content (AvgIpc) is 3.32. The lowest BCUT2D eigenvalue weighted by molar-refractivity contribution is -0.144. The van der Waals surface area contributed by atoms with Gasteiger partial charge in [-0.1, -0.05) is 20.3 Å². The van der Waals surface area contributed by atoms with Crippen LogP contribution in [-0.4, -0.2) is 93.5 Å². The van der Waals surface area contributed by atoms with Crippen molar-refractivity contribution in [2.45, 2.75) is 96.1 Å². The van der Waals surface area contributed by atoms with Crippen molar-refractivity contribution in [3.8, 4) is 0 Å². The molecule has 1 aliphatic heterocycles. The van der Waals surface area contributed by atoms with Crippen LogP contribution in [0.15, 0.2) is 0 Å². The van der Waals surface area contributed by atoms with E-state index in [0.717, 1.165) is 0 Å². The van der Waals surface area contributed by atoms with E-state index in [1.807, 2.05) is 0 Å². The lowest BCUT2D eigenvalue weighted by atomic mass is 9.97. The predicted molar refractivity (Wildman–Crippen MR) is 131 cm³/mol. The third kappa shape index (κ3) is 9.28. The van der Waals surface area contributed by atoms with Gasteiger partial charge >= 0.3 is 5.97 Å². The quantitative estimate of drug-likeness (QED) is 0.127. The van der Waals surface area contributed by atoms with E-state index >= 15 is 0 Å². The highest BCUT2D eigenvalue weighted by Crippen LogP contribution is 2.20. The third-order valence-electron chi connectivity index (χ3n) is 6.48. The van der Waals surface area contributed by atoms with Crippen LogP contribution < -0.4 is 27.4 Å². The van der Waals surface area contributed by atoms with Crippen LogP contribution in [-0.2, 0) is 28.8 Å². The van der Waals surface area contributed by atoms with Gasteiger partial charge < -0.3 is 42.5 Å². The van der Waals surface area contributed by atoms with Crippen LogP contribution in [0.25, 0.3) is 0 Å².